The molecule has 136 valence electrons. The van der Waals surface area contributed by atoms with Crippen molar-refractivity contribution < 1.29 is 27.5 Å². The van der Waals surface area contributed by atoms with Crippen LogP contribution in [0.1, 0.15) is 34.6 Å². The van der Waals surface area contributed by atoms with Crippen molar-refractivity contribution in [3.63, 3.8) is 0 Å². The highest BCUT2D eigenvalue weighted by atomic mass is 32.2. The Labute approximate surface area is 138 Å². The van der Waals surface area contributed by atoms with Gasteiger partial charge in [0.25, 0.3) is 0 Å². The molecule has 0 aliphatic rings. The Hall–Kier alpha value is -1.35. The first-order valence-electron chi connectivity index (χ1n) is 7.39. The van der Waals surface area contributed by atoms with E-state index in [9.17, 15) is 18.0 Å². The van der Waals surface area contributed by atoms with Gasteiger partial charge >= 0.3 is 12.1 Å². The van der Waals surface area contributed by atoms with Gasteiger partial charge in [-0.05, 0) is 26.7 Å². The topological polar surface area (TPSA) is 102 Å². The Balaban J connectivity index is 4.43. The third-order valence-corrected chi connectivity index (χ3v) is 3.63. The van der Waals surface area contributed by atoms with Crippen LogP contribution in [0.15, 0.2) is 0 Å². The van der Waals surface area contributed by atoms with Gasteiger partial charge in [-0.2, -0.15) is 4.31 Å². The Kier molecular flexibility index (Phi) is 8.54. The zero-order chi connectivity index (χ0) is 18.3. The molecule has 0 radical (unpaired) electrons. The lowest BCUT2D eigenvalue weighted by Crippen LogP contribution is -2.42. The predicted octanol–water partition coefficient (Wildman–Crippen LogP) is 0.972. The van der Waals surface area contributed by atoms with E-state index in [2.05, 4.69) is 5.32 Å². The maximum Gasteiger partial charge on any atom is 0.407 e. The minimum absolute atomic E-state index is 0.0272. The van der Waals surface area contributed by atoms with Crippen LogP contribution in [0.3, 0.4) is 0 Å². The lowest BCUT2D eigenvalue weighted by Gasteiger charge is -2.22. The SMILES string of the molecule is CC(C)COC(=O)CN(CCNC(=O)OC(C)(C)C)S(C)(=O)=O. The van der Waals surface area contributed by atoms with Crippen LogP contribution in [0.4, 0.5) is 4.79 Å². The number of esters is 1. The molecule has 0 aliphatic carbocycles. The van der Waals surface area contributed by atoms with Crippen molar-refractivity contribution in [2.24, 2.45) is 5.92 Å². The fourth-order valence-electron chi connectivity index (χ4n) is 1.41. The first-order valence-corrected chi connectivity index (χ1v) is 9.23. The number of alkyl carbamates (subject to hydrolysis) is 1. The lowest BCUT2D eigenvalue weighted by atomic mass is 10.2. The van der Waals surface area contributed by atoms with Gasteiger partial charge in [0.1, 0.15) is 12.1 Å². The van der Waals surface area contributed by atoms with Gasteiger partial charge in [-0.25, -0.2) is 13.2 Å². The van der Waals surface area contributed by atoms with E-state index in [4.69, 9.17) is 9.47 Å². The Morgan fingerprint density at radius 1 is 1.22 bits per heavy atom. The summed E-state index contributed by atoms with van der Waals surface area (Å²) in [4.78, 5) is 23.1. The third kappa shape index (κ3) is 11.8. The van der Waals surface area contributed by atoms with Crippen LogP contribution < -0.4 is 5.32 Å². The van der Waals surface area contributed by atoms with Crippen molar-refractivity contribution >= 4 is 22.1 Å². The maximum absolute atomic E-state index is 11.7. The summed E-state index contributed by atoms with van der Waals surface area (Å²) in [6.45, 7) is 8.75. The molecule has 0 atom stereocenters. The monoisotopic (exact) mass is 352 g/mol. The van der Waals surface area contributed by atoms with Crippen molar-refractivity contribution in [3.05, 3.63) is 0 Å². The van der Waals surface area contributed by atoms with Gasteiger partial charge in [-0.15, -0.1) is 0 Å². The summed E-state index contributed by atoms with van der Waals surface area (Å²) in [6.07, 6.45) is 0.351. The van der Waals surface area contributed by atoms with Crippen LogP contribution in [0, 0.1) is 5.92 Å². The standard InChI is InChI=1S/C14H28N2O6S/c1-11(2)10-21-12(17)9-16(23(6,19)20)8-7-15-13(18)22-14(3,4)5/h11H,7-10H2,1-6H3,(H,15,18). The molecule has 9 heteroatoms. The third-order valence-electron chi connectivity index (χ3n) is 2.38. The molecule has 0 bridgehead atoms. The van der Waals surface area contributed by atoms with E-state index in [1.807, 2.05) is 13.8 Å². The smallest absolute Gasteiger partial charge is 0.407 e. The van der Waals surface area contributed by atoms with Gasteiger partial charge in [0.15, 0.2) is 0 Å². The molecule has 8 nitrogen and oxygen atoms in total. The summed E-state index contributed by atoms with van der Waals surface area (Å²) < 4.78 is 34.3. The molecular weight excluding hydrogens is 324 g/mol. The number of hydrogen-bond donors (Lipinski definition) is 1. The first kappa shape index (κ1) is 21.6. The number of rotatable bonds is 8. The molecule has 23 heavy (non-hydrogen) atoms. The van der Waals surface area contributed by atoms with Gasteiger partial charge in [-0.1, -0.05) is 13.8 Å². The number of carbonyl (C=O) groups excluding carboxylic acids is 2. The highest BCUT2D eigenvalue weighted by Crippen LogP contribution is 2.06. The molecule has 0 saturated heterocycles. The zero-order valence-electron chi connectivity index (χ0n) is 14.7. The zero-order valence-corrected chi connectivity index (χ0v) is 15.5. The molecule has 0 heterocycles. The normalized spacial score (nSPS) is 12.3. The number of nitrogens with zero attached hydrogens (tertiary/aromatic N) is 1. The summed E-state index contributed by atoms with van der Waals surface area (Å²) in [6, 6.07) is 0. The van der Waals surface area contributed by atoms with Crippen LogP contribution >= 0.6 is 0 Å². The molecule has 0 unspecified atom stereocenters. The van der Waals surface area contributed by atoms with Gasteiger partial charge in [0.2, 0.25) is 10.0 Å². The first-order chi connectivity index (χ1) is 10.3. The highest BCUT2D eigenvalue weighted by molar-refractivity contribution is 7.88. The van der Waals surface area contributed by atoms with Crippen LogP contribution in [-0.4, -0.2) is 62.9 Å². The van der Waals surface area contributed by atoms with Crippen LogP contribution in [-0.2, 0) is 24.3 Å². The number of sulfonamides is 1. The summed E-state index contributed by atoms with van der Waals surface area (Å²) >= 11 is 0. The van der Waals surface area contributed by atoms with E-state index >= 15 is 0 Å². The molecule has 0 saturated carbocycles. The van der Waals surface area contributed by atoms with E-state index in [1.165, 1.54) is 0 Å². The summed E-state index contributed by atoms with van der Waals surface area (Å²) in [5, 5.41) is 2.45. The minimum atomic E-state index is -3.59. The lowest BCUT2D eigenvalue weighted by molar-refractivity contribution is -0.144. The fourth-order valence-corrected chi connectivity index (χ4v) is 2.17. The predicted molar refractivity (Wildman–Crippen MR) is 86.5 cm³/mol. The van der Waals surface area contributed by atoms with Crippen molar-refractivity contribution in [1.29, 1.82) is 0 Å². The molecule has 0 spiro atoms. The average molecular weight is 352 g/mol. The van der Waals surface area contributed by atoms with Gasteiger partial charge < -0.3 is 14.8 Å². The van der Waals surface area contributed by atoms with Crippen molar-refractivity contribution in [1.82, 2.24) is 9.62 Å². The minimum Gasteiger partial charge on any atom is -0.464 e. The molecule has 0 rings (SSSR count). The number of ether oxygens (including phenoxy) is 2. The van der Waals surface area contributed by atoms with Crippen LogP contribution in [0.25, 0.3) is 0 Å². The van der Waals surface area contributed by atoms with E-state index in [0.717, 1.165) is 10.6 Å². The molecule has 0 fully saturated rings. The number of nitrogens with one attached hydrogen (secondary N) is 1. The average Bonchev–Trinajstić information content (AvgIpc) is 2.31. The van der Waals surface area contributed by atoms with Crippen molar-refractivity contribution in [2.45, 2.75) is 40.2 Å². The number of carbonyl (C=O) groups is 2. The second-order valence-corrected chi connectivity index (χ2v) is 8.58. The van der Waals surface area contributed by atoms with Gasteiger partial charge in [-0.3, -0.25) is 4.79 Å². The maximum atomic E-state index is 11.7. The largest absolute Gasteiger partial charge is 0.464 e. The molecular formula is C14H28N2O6S. The Bertz CT molecular complexity index is 496. The molecule has 0 aromatic carbocycles. The summed E-state index contributed by atoms with van der Waals surface area (Å²) in [5.74, 6) is -0.458. The molecule has 1 amide bonds. The molecule has 1 N–H and O–H groups in total. The second kappa shape index (κ2) is 9.07. The van der Waals surface area contributed by atoms with Crippen molar-refractivity contribution in [3.8, 4) is 0 Å². The van der Waals surface area contributed by atoms with Crippen LogP contribution in [0.2, 0.25) is 0 Å². The Morgan fingerprint density at radius 3 is 2.22 bits per heavy atom. The van der Waals surface area contributed by atoms with E-state index in [0.29, 0.717) is 0 Å². The highest BCUT2D eigenvalue weighted by Gasteiger charge is 2.22. The fraction of sp³-hybridized carbons (Fsp3) is 0.857. The molecule has 0 aromatic rings. The number of amides is 1. The van der Waals surface area contributed by atoms with Crippen molar-refractivity contribution in [2.75, 3.05) is 32.5 Å². The van der Waals surface area contributed by atoms with E-state index < -0.39 is 27.7 Å². The molecule has 0 aromatic heterocycles. The summed E-state index contributed by atoms with van der Waals surface area (Å²) in [5.41, 5.74) is -0.638. The van der Waals surface area contributed by atoms with Gasteiger partial charge in [0.05, 0.1) is 12.9 Å². The van der Waals surface area contributed by atoms with Crippen LogP contribution in [0.5, 0.6) is 0 Å². The second-order valence-electron chi connectivity index (χ2n) is 6.60. The molecule has 0 aliphatic heterocycles. The van der Waals surface area contributed by atoms with E-state index in [1.54, 1.807) is 20.8 Å². The van der Waals surface area contributed by atoms with Gasteiger partial charge in [0, 0.05) is 13.1 Å². The quantitative estimate of drug-likeness (QED) is 0.653. The summed E-state index contributed by atoms with van der Waals surface area (Å²) in [7, 11) is -3.59. The van der Waals surface area contributed by atoms with E-state index in [-0.39, 0.29) is 32.2 Å². The number of hydrogen-bond acceptors (Lipinski definition) is 6. The Morgan fingerprint density at radius 2 is 1.78 bits per heavy atom.